The van der Waals surface area contributed by atoms with Crippen LogP contribution >= 0.6 is 0 Å². The molecule has 1 aromatic heterocycles. The predicted molar refractivity (Wildman–Crippen MR) is 318 cm³/mol. The van der Waals surface area contributed by atoms with Crippen LogP contribution in [0, 0.1) is 5.92 Å². The van der Waals surface area contributed by atoms with Crippen LogP contribution in [0.4, 0.5) is 22.7 Å². The van der Waals surface area contributed by atoms with Crippen molar-refractivity contribution in [3.05, 3.63) is 270 Å². The molecule has 3 nitrogen and oxygen atoms in total. The molecule has 0 spiro atoms. The molecule has 9 aromatic rings. The number of allylic oxidation sites excluding steroid dienone is 9. The quantitative estimate of drug-likeness (QED) is 0.143. The van der Waals surface area contributed by atoms with Crippen molar-refractivity contribution in [3.63, 3.8) is 0 Å². The van der Waals surface area contributed by atoms with Gasteiger partial charge in [0.1, 0.15) is 0 Å². The van der Waals surface area contributed by atoms with Gasteiger partial charge in [0.25, 0.3) is 0 Å². The molecule has 364 valence electrons. The van der Waals surface area contributed by atoms with Crippen LogP contribution in [-0.2, 0) is 10.8 Å². The fourth-order valence-electron chi connectivity index (χ4n) is 13.5. The van der Waals surface area contributed by atoms with E-state index < -0.39 is 0 Å². The number of anilines is 4. The molecule has 75 heavy (non-hydrogen) atoms. The number of nitrogens with zero attached hydrogens (tertiary/aromatic N) is 3. The molecule has 5 aliphatic rings. The summed E-state index contributed by atoms with van der Waals surface area (Å²) in [5.74, 6) is 0.493. The van der Waals surface area contributed by atoms with E-state index in [0.29, 0.717) is 5.92 Å². The first-order chi connectivity index (χ1) is 36.7. The van der Waals surface area contributed by atoms with Crippen molar-refractivity contribution in [2.24, 2.45) is 5.92 Å². The molecule has 0 fully saturated rings. The van der Waals surface area contributed by atoms with Gasteiger partial charge < -0.3 is 14.4 Å². The summed E-state index contributed by atoms with van der Waals surface area (Å²) in [6.45, 7) is 9.65. The van der Waals surface area contributed by atoms with Gasteiger partial charge in [-0.1, -0.05) is 185 Å². The van der Waals surface area contributed by atoms with Gasteiger partial charge in [-0.3, -0.25) is 0 Å². The second-order valence-electron chi connectivity index (χ2n) is 22.3. The minimum absolute atomic E-state index is 0.0324. The summed E-state index contributed by atoms with van der Waals surface area (Å²) in [4.78, 5) is 5.09. The second kappa shape index (κ2) is 17.6. The third-order valence-corrected chi connectivity index (χ3v) is 17.4. The Morgan fingerprint density at radius 3 is 2.08 bits per heavy atom. The van der Waals surface area contributed by atoms with Gasteiger partial charge in [-0.15, -0.1) is 0 Å². The maximum absolute atomic E-state index is 2.58. The Morgan fingerprint density at radius 1 is 0.507 bits per heavy atom. The molecule has 0 amide bonds. The van der Waals surface area contributed by atoms with Crippen LogP contribution in [0.1, 0.15) is 81.2 Å². The summed E-state index contributed by atoms with van der Waals surface area (Å²) >= 11 is 0. The molecule has 0 aliphatic heterocycles. The van der Waals surface area contributed by atoms with Crippen molar-refractivity contribution >= 4 is 55.7 Å². The van der Waals surface area contributed by atoms with E-state index in [1.54, 1.807) is 0 Å². The third-order valence-electron chi connectivity index (χ3n) is 17.4. The van der Waals surface area contributed by atoms with Gasteiger partial charge in [-0.2, -0.15) is 0 Å². The molecular weight excluding hydrogens is 907 g/mol. The lowest BCUT2D eigenvalue weighted by atomic mass is 9.75. The first-order valence-electron chi connectivity index (χ1n) is 27.1. The summed E-state index contributed by atoms with van der Waals surface area (Å²) in [6.07, 6.45) is 25.2. The molecule has 0 radical (unpaired) electrons. The van der Waals surface area contributed by atoms with Gasteiger partial charge in [-0.05, 0) is 172 Å². The van der Waals surface area contributed by atoms with E-state index in [1.807, 2.05) is 0 Å². The first-order valence-corrected chi connectivity index (χ1v) is 27.1. The minimum atomic E-state index is -0.129. The lowest BCUT2D eigenvalue weighted by Crippen LogP contribution is -2.30. The standard InChI is InChI=1S/C72H61N3/c1-71(2)64-29-17-14-26-57(64)59-40-37-55(46-66(59)71)73(51-22-10-6-11-23-51)54-39-43-69(74(52-24-12-7-13-25-52)53-35-32-49(33-36-53)48-20-8-5-9-21-48)62(45-54)50-34-42-70-63(44-50)61-28-16-19-31-68(61)75(70)56-38-41-60-58-27-15-18-30-65(58)72(3,4)67(60)47-56/h5,7-10,12-29,31-35,37-47,53,65H,6,11,30,36H2,1-4H3. The first kappa shape index (κ1) is 45.2. The van der Waals surface area contributed by atoms with Gasteiger partial charge >= 0.3 is 0 Å². The minimum Gasteiger partial charge on any atom is -0.334 e. The molecule has 8 aromatic carbocycles. The number of fused-ring (bicyclic) bond motifs is 9. The Balaban J connectivity index is 0.965. The maximum Gasteiger partial charge on any atom is 0.0560 e. The molecule has 3 heteroatoms. The average molecular weight is 968 g/mol. The van der Waals surface area contributed by atoms with Crippen LogP contribution in [0.25, 0.3) is 60.9 Å². The molecule has 0 N–H and O–H groups in total. The topological polar surface area (TPSA) is 11.4 Å². The highest BCUT2D eigenvalue weighted by molar-refractivity contribution is 6.11. The molecule has 5 aliphatic carbocycles. The molecule has 2 atom stereocenters. The van der Waals surface area contributed by atoms with Crippen molar-refractivity contribution in [2.75, 3.05) is 9.80 Å². The summed E-state index contributed by atoms with van der Waals surface area (Å²) in [5.41, 5.74) is 24.0. The smallest absolute Gasteiger partial charge is 0.0560 e. The van der Waals surface area contributed by atoms with Crippen molar-refractivity contribution in [1.82, 2.24) is 4.57 Å². The Bertz CT molecular complexity index is 3960. The number of hydrogen-bond acceptors (Lipinski definition) is 2. The SMILES string of the molecule is CC1(C)c2ccccc2-c2ccc(N(C3=CCCC=C3)c3ccc(N(c4ccccc4)C4C=CC(c5ccccc5)=CC4)c(-c4ccc5c(c4)c4ccccc4n5-c4ccc5c(c4)C(C)(C)C4CC=CC=C54)c3)cc21. The Kier molecular flexibility index (Phi) is 10.6. The number of benzene rings is 8. The van der Waals surface area contributed by atoms with Gasteiger partial charge in [0.15, 0.2) is 0 Å². The largest absolute Gasteiger partial charge is 0.334 e. The molecule has 1 heterocycles. The lowest BCUT2D eigenvalue weighted by molar-refractivity contribution is 0.414. The van der Waals surface area contributed by atoms with Gasteiger partial charge in [0, 0.05) is 55.9 Å². The molecular formula is C72H61N3. The van der Waals surface area contributed by atoms with Crippen molar-refractivity contribution in [2.45, 2.75) is 70.3 Å². The Morgan fingerprint density at radius 2 is 1.25 bits per heavy atom. The zero-order valence-electron chi connectivity index (χ0n) is 43.3. The summed E-state index contributed by atoms with van der Waals surface area (Å²) < 4.78 is 2.51. The number of hydrogen-bond donors (Lipinski definition) is 0. The second-order valence-corrected chi connectivity index (χ2v) is 22.3. The fourth-order valence-corrected chi connectivity index (χ4v) is 13.5. The van der Waals surface area contributed by atoms with Crippen LogP contribution in [0.15, 0.2) is 242 Å². The van der Waals surface area contributed by atoms with Crippen LogP contribution in [0.3, 0.4) is 0 Å². The van der Waals surface area contributed by atoms with E-state index in [9.17, 15) is 0 Å². The van der Waals surface area contributed by atoms with E-state index in [2.05, 4.69) is 279 Å². The van der Waals surface area contributed by atoms with Gasteiger partial charge in [0.05, 0.1) is 17.1 Å². The molecule has 2 unspecified atom stereocenters. The number of para-hydroxylation sites is 2. The van der Waals surface area contributed by atoms with Gasteiger partial charge in [0.2, 0.25) is 0 Å². The zero-order valence-corrected chi connectivity index (χ0v) is 43.3. The summed E-state index contributed by atoms with van der Waals surface area (Å²) in [6, 6.07) is 68.8. The number of rotatable bonds is 9. The Labute approximate surface area is 442 Å². The Hall–Kier alpha value is -8.40. The van der Waals surface area contributed by atoms with E-state index in [0.717, 1.165) is 37.1 Å². The maximum atomic E-state index is 2.58. The predicted octanol–water partition coefficient (Wildman–Crippen LogP) is 18.9. The van der Waals surface area contributed by atoms with E-state index >= 15 is 0 Å². The van der Waals surface area contributed by atoms with Crippen LogP contribution in [-0.4, -0.2) is 10.6 Å². The summed E-state index contributed by atoms with van der Waals surface area (Å²) in [7, 11) is 0. The molecule has 0 saturated carbocycles. The normalized spacial score (nSPS) is 18.5. The van der Waals surface area contributed by atoms with Crippen LogP contribution in [0.2, 0.25) is 0 Å². The third kappa shape index (κ3) is 7.30. The highest BCUT2D eigenvalue weighted by atomic mass is 15.2. The molecule has 14 rings (SSSR count). The highest BCUT2D eigenvalue weighted by Gasteiger charge is 2.43. The van der Waals surface area contributed by atoms with Crippen molar-refractivity contribution < 1.29 is 0 Å². The van der Waals surface area contributed by atoms with Crippen molar-refractivity contribution in [1.29, 1.82) is 0 Å². The van der Waals surface area contributed by atoms with E-state index in [1.165, 1.54) is 106 Å². The fraction of sp³-hybridized carbons (Fsp3) is 0.167. The van der Waals surface area contributed by atoms with E-state index in [4.69, 9.17) is 0 Å². The summed E-state index contributed by atoms with van der Waals surface area (Å²) in [5, 5.41) is 2.50. The molecule has 0 bridgehead atoms. The van der Waals surface area contributed by atoms with Gasteiger partial charge in [-0.25, -0.2) is 0 Å². The highest BCUT2D eigenvalue weighted by Crippen LogP contribution is 2.54. The molecule has 0 saturated heterocycles. The zero-order chi connectivity index (χ0) is 50.4. The van der Waals surface area contributed by atoms with Crippen molar-refractivity contribution in [3.8, 4) is 27.9 Å². The van der Waals surface area contributed by atoms with Crippen LogP contribution < -0.4 is 9.80 Å². The van der Waals surface area contributed by atoms with Crippen LogP contribution in [0.5, 0.6) is 0 Å². The average Bonchev–Trinajstić information content (AvgIpc) is 4.03. The number of aromatic nitrogens is 1. The lowest BCUT2D eigenvalue weighted by Gasteiger charge is -2.36. The van der Waals surface area contributed by atoms with E-state index in [-0.39, 0.29) is 16.9 Å². The monoisotopic (exact) mass is 967 g/mol.